The summed E-state index contributed by atoms with van der Waals surface area (Å²) in [5.74, 6) is 0.558. The van der Waals surface area contributed by atoms with E-state index in [-0.39, 0.29) is 12.1 Å². The Labute approximate surface area is 120 Å². The SMILES string of the molecule is CN(C)C(C)(C)COc1cc(CO)c2ccccc2n1. The molecule has 20 heavy (non-hydrogen) atoms. The first kappa shape index (κ1) is 14.8. The number of para-hydroxylation sites is 1. The van der Waals surface area contributed by atoms with Crippen molar-refractivity contribution in [1.82, 2.24) is 9.88 Å². The van der Waals surface area contributed by atoms with Crippen LogP contribution < -0.4 is 4.74 Å². The van der Waals surface area contributed by atoms with Crippen LogP contribution in [0.4, 0.5) is 0 Å². The van der Waals surface area contributed by atoms with Crippen molar-refractivity contribution in [1.29, 1.82) is 0 Å². The summed E-state index contributed by atoms with van der Waals surface area (Å²) in [6, 6.07) is 9.58. The molecule has 2 aromatic rings. The Kier molecular flexibility index (Phi) is 4.26. The van der Waals surface area contributed by atoms with Crippen LogP contribution in [0.2, 0.25) is 0 Å². The zero-order valence-corrected chi connectivity index (χ0v) is 12.6. The van der Waals surface area contributed by atoms with Gasteiger partial charge < -0.3 is 14.7 Å². The molecule has 4 heteroatoms. The van der Waals surface area contributed by atoms with E-state index in [9.17, 15) is 5.11 Å². The lowest BCUT2D eigenvalue weighted by Crippen LogP contribution is -2.43. The van der Waals surface area contributed by atoms with Crippen molar-refractivity contribution in [3.05, 3.63) is 35.9 Å². The molecule has 0 fully saturated rings. The third kappa shape index (κ3) is 3.08. The first-order chi connectivity index (χ1) is 9.44. The van der Waals surface area contributed by atoms with Crippen LogP contribution in [0.3, 0.4) is 0 Å². The Morgan fingerprint density at radius 1 is 1.25 bits per heavy atom. The van der Waals surface area contributed by atoms with Crippen molar-refractivity contribution in [3.8, 4) is 5.88 Å². The number of hydrogen-bond acceptors (Lipinski definition) is 4. The van der Waals surface area contributed by atoms with E-state index in [1.165, 1.54) is 0 Å². The molecule has 0 bridgehead atoms. The second kappa shape index (κ2) is 5.77. The summed E-state index contributed by atoms with van der Waals surface area (Å²) in [5.41, 5.74) is 1.61. The standard InChI is InChI=1S/C16H22N2O2/c1-16(2,18(3)4)11-20-15-9-12(10-19)13-7-5-6-8-14(13)17-15/h5-9,19H,10-11H2,1-4H3. The Morgan fingerprint density at radius 3 is 2.60 bits per heavy atom. The first-order valence-electron chi connectivity index (χ1n) is 6.74. The van der Waals surface area contributed by atoms with Crippen molar-refractivity contribution in [3.63, 3.8) is 0 Å². The molecule has 0 aliphatic carbocycles. The summed E-state index contributed by atoms with van der Waals surface area (Å²) >= 11 is 0. The van der Waals surface area contributed by atoms with Crippen LogP contribution in [0, 0.1) is 0 Å². The molecule has 1 heterocycles. The fraction of sp³-hybridized carbons (Fsp3) is 0.438. The van der Waals surface area contributed by atoms with Crippen LogP contribution in [0.1, 0.15) is 19.4 Å². The second-order valence-electron chi connectivity index (χ2n) is 5.79. The minimum atomic E-state index is -0.0767. The van der Waals surface area contributed by atoms with Crippen LogP contribution in [0.15, 0.2) is 30.3 Å². The molecule has 0 amide bonds. The number of ether oxygens (including phenoxy) is 1. The molecule has 1 aromatic carbocycles. The van der Waals surface area contributed by atoms with Gasteiger partial charge in [-0.1, -0.05) is 18.2 Å². The maximum absolute atomic E-state index is 9.48. The maximum atomic E-state index is 9.48. The predicted octanol–water partition coefficient (Wildman–Crippen LogP) is 2.45. The minimum absolute atomic E-state index is 0.0174. The Bertz CT molecular complexity index is 594. The van der Waals surface area contributed by atoms with Gasteiger partial charge in [0.05, 0.1) is 12.1 Å². The number of aliphatic hydroxyl groups is 1. The fourth-order valence-corrected chi connectivity index (χ4v) is 1.80. The number of aliphatic hydroxyl groups excluding tert-OH is 1. The molecule has 1 aromatic heterocycles. The van der Waals surface area contributed by atoms with Crippen molar-refractivity contribution in [2.24, 2.45) is 0 Å². The largest absolute Gasteiger partial charge is 0.476 e. The van der Waals surface area contributed by atoms with Crippen LogP contribution in [-0.2, 0) is 6.61 Å². The van der Waals surface area contributed by atoms with E-state index in [1.54, 1.807) is 0 Å². The maximum Gasteiger partial charge on any atom is 0.214 e. The third-order valence-corrected chi connectivity index (χ3v) is 3.73. The molecule has 0 unspecified atom stereocenters. The summed E-state index contributed by atoms with van der Waals surface area (Å²) in [4.78, 5) is 6.61. The monoisotopic (exact) mass is 274 g/mol. The van der Waals surface area contributed by atoms with Crippen molar-refractivity contribution >= 4 is 10.9 Å². The Hall–Kier alpha value is -1.65. The number of benzene rings is 1. The highest BCUT2D eigenvalue weighted by atomic mass is 16.5. The molecule has 0 radical (unpaired) electrons. The van der Waals surface area contributed by atoms with Gasteiger partial charge in [0.25, 0.3) is 0 Å². The van der Waals surface area contributed by atoms with Gasteiger partial charge in [-0.3, -0.25) is 0 Å². The molecule has 1 N–H and O–H groups in total. The van der Waals surface area contributed by atoms with Crippen LogP contribution >= 0.6 is 0 Å². The highest BCUT2D eigenvalue weighted by Crippen LogP contribution is 2.23. The summed E-state index contributed by atoms with van der Waals surface area (Å²) < 4.78 is 5.82. The van der Waals surface area contributed by atoms with E-state index in [4.69, 9.17) is 4.74 Å². The van der Waals surface area contributed by atoms with Gasteiger partial charge >= 0.3 is 0 Å². The number of rotatable bonds is 5. The van der Waals surface area contributed by atoms with Crippen LogP contribution in [0.25, 0.3) is 10.9 Å². The molecule has 0 saturated heterocycles. The average molecular weight is 274 g/mol. The Morgan fingerprint density at radius 2 is 1.95 bits per heavy atom. The van der Waals surface area contributed by atoms with Gasteiger partial charge in [-0.15, -0.1) is 0 Å². The molecule has 108 valence electrons. The quantitative estimate of drug-likeness (QED) is 0.909. The highest BCUT2D eigenvalue weighted by Gasteiger charge is 2.21. The van der Waals surface area contributed by atoms with Gasteiger partial charge in [-0.2, -0.15) is 0 Å². The smallest absolute Gasteiger partial charge is 0.214 e. The van der Waals surface area contributed by atoms with Crippen molar-refractivity contribution in [2.45, 2.75) is 26.0 Å². The summed E-state index contributed by atoms with van der Waals surface area (Å²) in [6.45, 7) is 4.74. The molecule has 0 aliphatic rings. The third-order valence-electron chi connectivity index (χ3n) is 3.73. The van der Waals surface area contributed by atoms with Gasteiger partial charge in [-0.05, 0) is 39.6 Å². The topological polar surface area (TPSA) is 45.6 Å². The van der Waals surface area contributed by atoms with E-state index in [0.717, 1.165) is 16.5 Å². The second-order valence-corrected chi connectivity index (χ2v) is 5.79. The van der Waals surface area contributed by atoms with Gasteiger partial charge in [-0.25, -0.2) is 4.98 Å². The van der Waals surface area contributed by atoms with Crippen molar-refractivity contribution in [2.75, 3.05) is 20.7 Å². The molecular weight excluding hydrogens is 252 g/mol. The lowest BCUT2D eigenvalue weighted by Gasteiger charge is -2.31. The minimum Gasteiger partial charge on any atom is -0.476 e. The number of aromatic nitrogens is 1. The lowest BCUT2D eigenvalue weighted by molar-refractivity contribution is 0.111. The number of likely N-dealkylation sites (N-methyl/N-ethyl adjacent to an activating group) is 1. The first-order valence-corrected chi connectivity index (χ1v) is 6.74. The van der Waals surface area contributed by atoms with Gasteiger partial charge in [0.2, 0.25) is 5.88 Å². The average Bonchev–Trinajstić information content (AvgIpc) is 2.44. The number of fused-ring (bicyclic) bond motifs is 1. The lowest BCUT2D eigenvalue weighted by atomic mass is 10.1. The van der Waals surface area contributed by atoms with E-state index >= 15 is 0 Å². The summed E-state index contributed by atoms with van der Waals surface area (Å²) in [7, 11) is 4.05. The predicted molar refractivity (Wildman–Crippen MR) is 80.9 cm³/mol. The van der Waals surface area contributed by atoms with Gasteiger partial charge in [0, 0.05) is 17.0 Å². The normalized spacial score (nSPS) is 12.1. The van der Waals surface area contributed by atoms with Gasteiger partial charge in [0.1, 0.15) is 6.61 Å². The molecule has 0 spiro atoms. The van der Waals surface area contributed by atoms with E-state index < -0.39 is 0 Å². The van der Waals surface area contributed by atoms with Gasteiger partial charge in [0.15, 0.2) is 0 Å². The van der Waals surface area contributed by atoms with Crippen LogP contribution in [0.5, 0.6) is 5.88 Å². The number of pyridine rings is 1. The van der Waals surface area contributed by atoms with E-state index in [1.807, 2.05) is 44.4 Å². The zero-order chi connectivity index (χ0) is 14.8. The summed E-state index contributed by atoms with van der Waals surface area (Å²) in [5, 5.41) is 10.5. The van der Waals surface area contributed by atoms with E-state index in [2.05, 4.69) is 23.7 Å². The molecular formula is C16H22N2O2. The molecule has 0 saturated carbocycles. The van der Waals surface area contributed by atoms with E-state index in [0.29, 0.717) is 12.5 Å². The molecule has 2 rings (SSSR count). The number of hydrogen-bond donors (Lipinski definition) is 1. The Balaban J connectivity index is 2.27. The highest BCUT2D eigenvalue weighted by molar-refractivity contribution is 5.82. The van der Waals surface area contributed by atoms with Crippen LogP contribution in [-0.4, -0.2) is 41.2 Å². The van der Waals surface area contributed by atoms with Crippen molar-refractivity contribution < 1.29 is 9.84 Å². The fourth-order valence-electron chi connectivity index (χ4n) is 1.80. The molecule has 4 nitrogen and oxygen atoms in total. The zero-order valence-electron chi connectivity index (χ0n) is 12.6. The molecule has 0 aliphatic heterocycles. The summed E-state index contributed by atoms with van der Waals surface area (Å²) in [6.07, 6.45) is 0. The number of nitrogens with zero attached hydrogens (tertiary/aromatic N) is 2. The molecule has 0 atom stereocenters.